The smallest absolute Gasteiger partial charge is 0 e. The fourth-order valence-corrected chi connectivity index (χ4v) is 12.8. The Morgan fingerprint density at radius 1 is 0.455 bits per heavy atom. The summed E-state index contributed by atoms with van der Waals surface area (Å²) in [5.74, 6) is 0. The second kappa shape index (κ2) is 30.8. The first-order chi connectivity index (χ1) is 31.7. The summed E-state index contributed by atoms with van der Waals surface area (Å²) < 4.78 is 7.50. The van der Waals surface area contributed by atoms with Gasteiger partial charge < -0.3 is 0 Å². The molecule has 0 heterocycles. The molecular formula is C59H59FeN3OP2+2. The number of hydrogen-bond donors (Lipinski definition) is 0. The van der Waals surface area contributed by atoms with E-state index in [0.717, 1.165) is 22.3 Å². The summed E-state index contributed by atoms with van der Waals surface area (Å²) in [6.07, 6.45) is 5.46. The van der Waals surface area contributed by atoms with E-state index in [0.29, 0.717) is 0 Å². The van der Waals surface area contributed by atoms with Gasteiger partial charge in [0.1, 0.15) is 43.9 Å². The molecule has 8 aromatic carbocycles. The van der Waals surface area contributed by atoms with Crippen LogP contribution in [0.1, 0.15) is 69.0 Å². The van der Waals surface area contributed by atoms with E-state index in [2.05, 4.69) is 263 Å². The van der Waals surface area contributed by atoms with Crippen LogP contribution in [0.3, 0.4) is 0 Å². The molecule has 0 bridgehead atoms. The molecule has 0 saturated heterocycles. The summed E-state index contributed by atoms with van der Waals surface area (Å²) in [5.41, 5.74) is 4.51. The average Bonchev–Trinajstić information content (AvgIpc) is 3.36. The van der Waals surface area contributed by atoms with Crippen molar-refractivity contribution in [3.8, 4) is 6.07 Å². The summed E-state index contributed by atoms with van der Waals surface area (Å²) in [5, 5.41) is 15.3. The molecule has 0 aliphatic carbocycles. The van der Waals surface area contributed by atoms with Crippen LogP contribution >= 0.6 is 15.8 Å². The first kappa shape index (κ1) is 54.0. The van der Waals surface area contributed by atoms with Gasteiger partial charge in [-0.05, 0) is 83.9 Å². The Hall–Kier alpha value is -6.29. The monoisotopic (exact) mass is 943 g/mol. The summed E-state index contributed by atoms with van der Waals surface area (Å²) in [6, 6.07) is 83.8. The van der Waals surface area contributed by atoms with Crippen molar-refractivity contribution in [1.29, 1.82) is 5.26 Å². The number of rotatable bonds is 13. The Balaban J connectivity index is 0.00000108. The van der Waals surface area contributed by atoms with E-state index in [1.54, 1.807) is 6.07 Å². The van der Waals surface area contributed by atoms with E-state index in [1.165, 1.54) is 45.2 Å². The number of nitriles is 1. The van der Waals surface area contributed by atoms with Crippen molar-refractivity contribution < 1.29 is 21.7 Å². The molecule has 0 aromatic heterocycles. The van der Waals surface area contributed by atoms with Crippen LogP contribution < -0.4 is 31.8 Å². The van der Waals surface area contributed by atoms with Crippen molar-refractivity contribution >= 4 is 60.1 Å². The third-order valence-corrected chi connectivity index (χ3v) is 15.7. The van der Waals surface area contributed by atoms with Gasteiger partial charge in [-0.3, -0.25) is 9.98 Å². The van der Waals surface area contributed by atoms with Gasteiger partial charge in [-0.2, -0.15) is 5.26 Å². The topological polar surface area (TPSA) is 68.4 Å². The molecule has 0 amide bonds. The van der Waals surface area contributed by atoms with Crippen molar-refractivity contribution in [2.75, 3.05) is 0 Å². The van der Waals surface area contributed by atoms with E-state index < -0.39 is 15.8 Å². The van der Waals surface area contributed by atoms with Crippen molar-refractivity contribution in [2.24, 2.45) is 9.98 Å². The van der Waals surface area contributed by atoms with Crippen molar-refractivity contribution in [3.63, 3.8) is 0 Å². The maximum atomic E-state index is 7.50. The largest absolute Gasteiger partial charge is 0 e. The van der Waals surface area contributed by atoms with Crippen LogP contribution in [0.15, 0.2) is 241 Å². The zero-order valence-electron chi connectivity index (χ0n) is 37.1. The maximum absolute atomic E-state index is 7.50. The van der Waals surface area contributed by atoms with Gasteiger partial charge in [-0.1, -0.05) is 185 Å². The molecule has 0 radical (unpaired) electrons. The molecule has 0 aliphatic rings. The van der Waals surface area contributed by atoms with Gasteiger partial charge in [-0.15, -0.1) is 0 Å². The zero-order valence-corrected chi connectivity index (χ0v) is 40.2. The molecule has 332 valence electrons. The predicted octanol–water partition coefficient (Wildman–Crippen LogP) is 12.2. The molecule has 8 rings (SSSR count). The van der Waals surface area contributed by atoms with Crippen molar-refractivity contribution in [3.05, 3.63) is 259 Å². The molecule has 0 saturated carbocycles. The number of aliphatic imine (C=N–C) groups is 2. The summed E-state index contributed by atoms with van der Waals surface area (Å²) in [6.45, 7) is 10.2. The van der Waals surface area contributed by atoms with Gasteiger partial charge in [0.2, 0.25) is 0 Å². The molecule has 1 unspecified atom stereocenters. The fraction of sp³-hybridized carbons (Fsp3) is 0.119. The summed E-state index contributed by atoms with van der Waals surface area (Å²) >= 11 is 0. The fourth-order valence-electron chi connectivity index (χ4n) is 7.37. The molecule has 0 spiro atoms. The van der Waals surface area contributed by atoms with Crippen LogP contribution in [-0.2, 0) is 21.7 Å². The second-order valence-electron chi connectivity index (χ2n) is 14.6. The molecule has 7 heteroatoms. The average molecular weight is 944 g/mol. The minimum absolute atomic E-state index is 0. The number of nitrogens with zero attached hydrogens (tertiary/aromatic N) is 3. The zero-order chi connectivity index (χ0) is 45.2. The van der Waals surface area contributed by atoms with Crippen LogP contribution in [0.2, 0.25) is 0 Å². The van der Waals surface area contributed by atoms with Gasteiger partial charge in [0.25, 0.3) is 0 Å². The Morgan fingerprint density at radius 2 is 0.667 bits per heavy atom. The Morgan fingerprint density at radius 3 is 0.924 bits per heavy atom. The maximum Gasteiger partial charge on any atom is 0 e. The van der Waals surface area contributed by atoms with Gasteiger partial charge in [0.05, 0.1) is 21.9 Å². The first-order valence-electron chi connectivity index (χ1n) is 21.5. The van der Waals surface area contributed by atoms with Crippen LogP contribution in [0, 0.1) is 18.0 Å². The quantitative estimate of drug-likeness (QED) is 0.0373. The third kappa shape index (κ3) is 15.4. The Bertz CT molecular complexity index is 2400. The van der Waals surface area contributed by atoms with Crippen molar-refractivity contribution in [1.82, 2.24) is 0 Å². The normalized spacial score (nSPS) is 11.2. The summed E-state index contributed by atoms with van der Waals surface area (Å²) in [4.78, 5) is 11.0. The second-order valence-corrected chi connectivity index (χ2v) is 19.5. The van der Waals surface area contributed by atoms with Gasteiger partial charge >= 0.3 is 11.3 Å². The van der Waals surface area contributed by atoms with E-state index in [1.807, 2.05) is 0 Å². The Kier molecular flexibility index (Phi) is 25.2. The molecule has 66 heavy (non-hydrogen) atoms. The number of benzene rings is 8. The number of hydrogen-bond acceptors (Lipinski definition) is 3. The molecule has 8 aromatic rings. The molecule has 0 N–H and O–H groups in total. The molecule has 2 atom stereocenters. The standard InChI is InChI=1S/C52H42N2P2.C3H8.C2H3N.CO.CH4.Fe/c1-7-23-41(24-8-1)51(53-39-43-27-19-21-37-49(43)55(45-29-11-3-12-30-45)46-31-13-4-14-32-46)52(42-25-9-2-10-26-42)54-40-44-28-20-22-38-50(44)56(47-33-15-5-16-34-47)48-35-17-6-18-36-48;1-3-2;1-2-3;1-2;;/h1-40,51-52H;3H2,1-2H3;1H3;;1H4;/p+2/t51-,52?;;;;;/m1...../s1. The van der Waals surface area contributed by atoms with Gasteiger partial charge in [-0.25, -0.2) is 0 Å². The van der Waals surface area contributed by atoms with E-state index >= 15 is 0 Å². The predicted molar refractivity (Wildman–Crippen MR) is 285 cm³/mol. The minimum Gasteiger partial charge on any atom is 0 e. The van der Waals surface area contributed by atoms with Crippen LogP contribution in [0.5, 0.6) is 0 Å². The molecule has 0 fully saturated rings. The van der Waals surface area contributed by atoms with Crippen LogP contribution in [0.25, 0.3) is 0 Å². The van der Waals surface area contributed by atoms with E-state index in [4.69, 9.17) is 19.9 Å². The van der Waals surface area contributed by atoms with Crippen molar-refractivity contribution in [2.45, 2.75) is 46.7 Å². The molecular weight excluding hydrogens is 884 g/mol. The van der Waals surface area contributed by atoms with E-state index in [9.17, 15) is 0 Å². The minimum atomic E-state index is -1.31. The van der Waals surface area contributed by atoms with E-state index in [-0.39, 0.29) is 36.6 Å². The first-order valence-corrected chi connectivity index (χ1v) is 24.5. The Labute approximate surface area is 407 Å². The van der Waals surface area contributed by atoms with Gasteiger partial charge in [0.15, 0.2) is 0 Å². The van der Waals surface area contributed by atoms with Gasteiger partial charge in [0, 0.05) is 47.5 Å². The summed E-state index contributed by atoms with van der Waals surface area (Å²) in [7, 11) is -2.62. The molecule has 4 nitrogen and oxygen atoms in total. The van der Waals surface area contributed by atoms with Crippen LogP contribution in [-0.4, -0.2) is 12.4 Å². The molecule has 0 aliphatic heterocycles. The van der Waals surface area contributed by atoms with Crippen LogP contribution in [0.4, 0.5) is 0 Å². The SMILES string of the molecule is C.C(=NC(c1ccccc1)[C@H](N=Cc1ccccc1[PH+](c1ccccc1)c1ccccc1)c1ccccc1)c1ccccc1[PH+](c1ccccc1)c1ccccc1.CC#N.CCC.[C-]#[O+].[Fe]. The third-order valence-electron chi connectivity index (χ3n) is 10.0.